The average molecular weight is 284 g/mol. The molecule has 2 N–H and O–H groups in total. The van der Waals surface area contributed by atoms with E-state index in [1.54, 1.807) is 6.92 Å². The highest BCUT2D eigenvalue weighted by molar-refractivity contribution is 6.31. The summed E-state index contributed by atoms with van der Waals surface area (Å²) in [6.45, 7) is 3.60. The van der Waals surface area contributed by atoms with Crippen LogP contribution in [0, 0.1) is 6.92 Å². The van der Waals surface area contributed by atoms with Crippen molar-refractivity contribution in [2.75, 3.05) is 0 Å². The van der Waals surface area contributed by atoms with E-state index in [0.717, 1.165) is 11.1 Å². The van der Waals surface area contributed by atoms with Gasteiger partial charge < -0.3 is 10.4 Å². The third-order valence-corrected chi connectivity index (χ3v) is 3.17. The van der Waals surface area contributed by atoms with Crippen LogP contribution in [0.4, 0.5) is 0 Å². The summed E-state index contributed by atoms with van der Waals surface area (Å²) in [5, 5.41) is 11.9. The van der Waals surface area contributed by atoms with Gasteiger partial charge in [0.1, 0.15) is 0 Å². The molecule has 4 nitrogen and oxygen atoms in total. The molecule has 0 saturated heterocycles. The average Bonchev–Trinajstić information content (AvgIpc) is 2.29. The Morgan fingerprint density at radius 1 is 1.42 bits per heavy atom. The lowest BCUT2D eigenvalue weighted by atomic mass is 10.1. The molecule has 0 saturated carbocycles. The van der Waals surface area contributed by atoms with Crippen LogP contribution in [-0.2, 0) is 16.0 Å². The van der Waals surface area contributed by atoms with Crippen LogP contribution in [0.1, 0.15) is 30.9 Å². The fourth-order valence-corrected chi connectivity index (χ4v) is 1.91. The highest BCUT2D eigenvalue weighted by atomic mass is 35.5. The van der Waals surface area contributed by atoms with Crippen LogP contribution >= 0.6 is 11.6 Å². The molecule has 0 fully saturated rings. The molecule has 0 aliphatic carbocycles. The quantitative estimate of drug-likeness (QED) is 0.843. The number of benzene rings is 1. The molecule has 1 aromatic rings. The second-order valence-electron chi connectivity index (χ2n) is 4.65. The van der Waals surface area contributed by atoms with Crippen molar-refractivity contribution < 1.29 is 14.7 Å². The summed E-state index contributed by atoms with van der Waals surface area (Å²) in [6.07, 6.45) is 0.844. The van der Waals surface area contributed by atoms with Crippen LogP contribution in [0.5, 0.6) is 0 Å². The number of carboxylic acids is 1. The van der Waals surface area contributed by atoms with Gasteiger partial charge in [0.05, 0.1) is 6.42 Å². The number of carbonyl (C=O) groups excluding carboxylic acids is 1. The molecule has 1 aromatic carbocycles. The summed E-state index contributed by atoms with van der Waals surface area (Å²) in [4.78, 5) is 22.1. The Labute approximate surface area is 117 Å². The Bertz CT molecular complexity index is 474. The Balaban J connectivity index is 2.41. The normalized spacial score (nSPS) is 11.9. The van der Waals surface area contributed by atoms with Gasteiger partial charge in [-0.2, -0.15) is 0 Å². The van der Waals surface area contributed by atoms with Crippen LogP contribution in [0.3, 0.4) is 0 Å². The molecule has 19 heavy (non-hydrogen) atoms. The Morgan fingerprint density at radius 2 is 2.11 bits per heavy atom. The van der Waals surface area contributed by atoms with Crippen molar-refractivity contribution >= 4 is 23.5 Å². The molecular formula is C14H18ClNO3. The van der Waals surface area contributed by atoms with E-state index in [-0.39, 0.29) is 18.4 Å². The van der Waals surface area contributed by atoms with Gasteiger partial charge in [-0.15, -0.1) is 0 Å². The number of carboxylic acid groups (broad SMARTS) is 1. The summed E-state index contributed by atoms with van der Waals surface area (Å²) < 4.78 is 0. The zero-order chi connectivity index (χ0) is 14.4. The molecule has 5 heteroatoms. The maximum atomic E-state index is 11.6. The summed E-state index contributed by atoms with van der Waals surface area (Å²) >= 11 is 6.00. The number of hydrogen-bond donors (Lipinski definition) is 2. The largest absolute Gasteiger partial charge is 0.481 e. The first kappa shape index (κ1) is 15.5. The molecule has 0 aliphatic rings. The lowest BCUT2D eigenvalue weighted by Crippen LogP contribution is -2.34. The predicted molar refractivity (Wildman–Crippen MR) is 74.4 cm³/mol. The number of aliphatic carboxylic acids is 1. The first-order valence-corrected chi connectivity index (χ1v) is 6.52. The third kappa shape index (κ3) is 5.75. The lowest BCUT2D eigenvalue weighted by Gasteiger charge is -2.11. The van der Waals surface area contributed by atoms with E-state index >= 15 is 0 Å². The second kappa shape index (κ2) is 7.14. The van der Waals surface area contributed by atoms with Crippen molar-refractivity contribution in [1.29, 1.82) is 0 Å². The number of hydrogen-bond acceptors (Lipinski definition) is 2. The molecule has 1 rings (SSSR count). The fourth-order valence-electron chi connectivity index (χ4n) is 1.71. The third-order valence-electron chi connectivity index (χ3n) is 2.77. The maximum Gasteiger partial charge on any atom is 0.305 e. The first-order valence-electron chi connectivity index (χ1n) is 6.14. The number of rotatable bonds is 6. The molecule has 0 heterocycles. The summed E-state index contributed by atoms with van der Waals surface area (Å²) in [5.41, 5.74) is 2.00. The van der Waals surface area contributed by atoms with Gasteiger partial charge in [0, 0.05) is 17.5 Å². The number of nitrogens with one attached hydrogen (secondary N) is 1. The zero-order valence-corrected chi connectivity index (χ0v) is 11.8. The molecule has 1 amide bonds. The van der Waals surface area contributed by atoms with Gasteiger partial charge in [-0.05, 0) is 37.5 Å². The van der Waals surface area contributed by atoms with Crippen LogP contribution in [0.25, 0.3) is 0 Å². The summed E-state index contributed by atoms with van der Waals surface area (Å²) in [6, 6.07) is 5.36. The van der Waals surface area contributed by atoms with Gasteiger partial charge in [0.2, 0.25) is 5.91 Å². The van der Waals surface area contributed by atoms with E-state index in [1.807, 2.05) is 25.1 Å². The molecular weight excluding hydrogens is 266 g/mol. The smallest absolute Gasteiger partial charge is 0.305 e. The van der Waals surface area contributed by atoms with Gasteiger partial charge >= 0.3 is 5.97 Å². The van der Waals surface area contributed by atoms with Gasteiger partial charge in [-0.1, -0.05) is 23.7 Å². The van der Waals surface area contributed by atoms with Crippen LogP contribution in [-0.4, -0.2) is 23.0 Å². The van der Waals surface area contributed by atoms with E-state index < -0.39 is 5.97 Å². The van der Waals surface area contributed by atoms with E-state index in [9.17, 15) is 9.59 Å². The van der Waals surface area contributed by atoms with Crippen LogP contribution in [0.15, 0.2) is 18.2 Å². The van der Waals surface area contributed by atoms with Crippen LogP contribution in [0.2, 0.25) is 5.02 Å². The van der Waals surface area contributed by atoms with Crippen molar-refractivity contribution in [1.82, 2.24) is 5.32 Å². The zero-order valence-electron chi connectivity index (χ0n) is 11.1. The van der Waals surface area contributed by atoms with E-state index in [0.29, 0.717) is 17.9 Å². The molecule has 104 valence electrons. The van der Waals surface area contributed by atoms with Crippen molar-refractivity contribution in [2.45, 2.75) is 39.2 Å². The van der Waals surface area contributed by atoms with E-state index in [4.69, 9.17) is 16.7 Å². The molecule has 0 aromatic heterocycles. The number of aryl methyl sites for hydroxylation is 2. The number of amides is 1. The molecule has 0 spiro atoms. The first-order chi connectivity index (χ1) is 8.88. The maximum absolute atomic E-state index is 11.6. The van der Waals surface area contributed by atoms with Crippen molar-refractivity contribution in [3.05, 3.63) is 34.3 Å². The second-order valence-corrected chi connectivity index (χ2v) is 5.06. The Morgan fingerprint density at radius 3 is 2.68 bits per heavy atom. The van der Waals surface area contributed by atoms with E-state index in [1.165, 1.54) is 0 Å². The van der Waals surface area contributed by atoms with Crippen molar-refractivity contribution in [3.8, 4) is 0 Å². The molecule has 1 atom stereocenters. The number of carbonyl (C=O) groups is 2. The molecule has 0 aliphatic heterocycles. The fraction of sp³-hybridized carbons (Fsp3) is 0.429. The van der Waals surface area contributed by atoms with E-state index in [2.05, 4.69) is 5.32 Å². The lowest BCUT2D eigenvalue weighted by molar-refractivity contribution is -0.137. The minimum absolute atomic E-state index is 0.0674. The Hall–Kier alpha value is -1.55. The molecule has 0 bridgehead atoms. The highest BCUT2D eigenvalue weighted by Crippen LogP contribution is 2.17. The topological polar surface area (TPSA) is 66.4 Å². The Kier molecular flexibility index (Phi) is 5.83. The molecule has 1 unspecified atom stereocenters. The number of halogens is 1. The van der Waals surface area contributed by atoms with Gasteiger partial charge in [0.25, 0.3) is 0 Å². The standard InChI is InChI=1S/C14H18ClNO3/c1-9-3-4-11(8-12(9)15)5-6-13(17)16-10(2)7-14(18)19/h3-4,8,10H,5-7H2,1-2H3,(H,16,17)(H,18,19). The van der Waals surface area contributed by atoms with Crippen LogP contribution < -0.4 is 5.32 Å². The monoisotopic (exact) mass is 283 g/mol. The molecule has 0 radical (unpaired) electrons. The highest BCUT2D eigenvalue weighted by Gasteiger charge is 2.11. The van der Waals surface area contributed by atoms with Gasteiger partial charge in [-0.3, -0.25) is 9.59 Å². The minimum Gasteiger partial charge on any atom is -0.481 e. The predicted octanol–water partition coefficient (Wildman–Crippen LogP) is 2.56. The summed E-state index contributed by atoms with van der Waals surface area (Å²) in [5.74, 6) is -1.07. The minimum atomic E-state index is -0.918. The SMILES string of the molecule is Cc1ccc(CCC(=O)NC(C)CC(=O)O)cc1Cl. The van der Waals surface area contributed by atoms with Crippen molar-refractivity contribution in [2.24, 2.45) is 0 Å². The van der Waals surface area contributed by atoms with Crippen molar-refractivity contribution in [3.63, 3.8) is 0 Å². The summed E-state index contributed by atoms with van der Waals surface area (Å²) in [7, 11) is 0. The van der Waals surface area contributed by atoms with Gasteiger partial charge in [0.15, 0.2) is 0 Å². The van der Waals surface area contributed by atoms with Gasteiger partial charge in [-0.25, -0.2) is 0 Å².